The van der Waals surface area contributed by atoms with Gasteiger partial charge in [-0.3, -0.25) is 4.99 Å². The molecule has 30 heavy (non-hydrogen) atoms. The lowest BCUT2D eigenvalue weighted by molar-refractivity contribution is -0.883. The lowest BCUT2D eigenvalue weighted by Crippen LogP contribution is -3.00. The highest BCUT2D eigenvalue weighted by molar-refractivity contribution is 5.83. The molecule has 172 valence electrons. The molecule has 0 saturated carbocycles. The number of phenolic OH excluding ortho intramolecular Hbond substituents is 1. The smallest absolute Gasteiger partial charge is 0.361 e. The number of halogens is 1. The molecule has 6 heteroatoms. The average molecular weight is 441 g/mol. The van der Waals surface area contributed by atoms with E-state index in [4.69, 9.17) is 4.74 Å². The lowest BCUT2D eigenvalue weighted by atomic mass is 10.1. The fourth-order valence-electron chi connectivity index (χ4n) is 3.25. The quantitative estimate of drug-likeness (QED) is 0.185. The minimum Gasteiger partial charge on any atom is -1.00 e. The zero-order chi connectivity index (χ0) is 21.4. The minimum atomic E-state index is -0.115. The van der Waals surface area contributed by atoms with E-state index in [1.165, 1.54) is 38.5 Å². The fraction of sp³-hybridized carbons (Fsp3) is 0.667. The molecule has 0 bridgehead atoms. The van der Waals surface area contributed by atoms with Gasteiger partial charge in [-0.05, 0) is 18.6 Å². The second-order valence-electron chi connectivity index (χ2n) is 8.46. The van der Waals surface area contributed by atoms with Crippen LogP contribution in [0.1, 0.15) is 70.3 Å². The molecule has 0 saturated heterocycles. The van der Waals surface area contributed by atoms with Crippen LogP contribution in [0.5, 0.6) is 5.75 Å². The van der Waals surface area contributed by atoms with Crippen LogP contribution in [-0.4, -0.2) is 62.1 Å². The molecule has 0 aliphatic rings. The highest BCUT2D eigenvalue weighted by atomic mass is 35.5. The first-order valence-electron chi connectivity index (χ1n) is 11.2. The molecular weight excluding hydrogens is 400 g/mol. The van der Waals surface area contributed by atoms with E-state index >= 15 is 0 Å². The van der Waals surface area contributed by atoms with Crippen molar-refractivity contribution in [3.63, 3.8) is 0 Å². The van der Waals surface area contributed by atoms with Crippen LogP contribution in [0.25, 0.3) is 0 Å². The molecule has 0 radical (unpaired) electrons. The van der Waals surface area contributed by atoms with Crippen molar-refractivity contribution in [3.05, 3.63) is 29.8 Å². The van der Waals surface area contributed by atoms with Gasteiger partial charge in [-0.1, -0.05) is 64.0 Å². The van der Waals surface area contributed by atoms with Crippen molar-refractivity contribution in [1.82, 2.24) is 0 Å². The fourth-order valence-corrected chi connectivity index (χ4v) is 3.25. The molecule has 1 aromatic carbocycles. The number of hydrogen-bond donors (Lipinski definition) is 1. The van der Waals surface area contributed by atoms with Crippen LogP contribution in [0.15, 0.2) is 29.3 Å². The molecule has 0 heterocycles. The Morgan fingerprint density at radius 3 is 2.33 bits per heavy atom. The molecule has 0 atom stereocenters. The summed E-state index contributed by atoms with van der Waals surface area (Å²) in [6.45, 7) is 4.69. The number of aromatic hydroxyl groups is 1. The van der Waals surface area contributed by atoms with Crippen LogP contribution in [-0.2, 0) is 9.53 Å². The maximum Gasteiger partial charge on any atom is 0.361 e. The number of nitrogens with zero attached hydrogens (tertiary/aromatic N) is 2. The van der Waals surface area contributed by atoms with E-state index in [1.54, 1.807) is 18.3 Å². The molecule has 0 unspecified atom stereocenters. The molecule has 0 aliphatic heterocycles. The summed E-state index contributed by atoms with van der Waals surface area (Å²) in [6, 6.07) is 7.16. The zero-order valence-corrected chi connectivity index (χ0v) is 19.9. The number of rotatable bonds is 16. The molecular formula is C24H41ClN2O3. The normalized spacial score (nSPS) is 11.4. The molecule has 1 aromatic rings. The number of unbranched alkanes of at least 4 members (excludes halogenated alkanes) is 7. The van der Waals surface area contributed by atoms with Crippen molar-refractivity contribution in [2.24, 2.45) is 4.99 Å². The number of hydrogen-bond acceptors (Lipinski definition) is 4. The van der Waals surface area contributed by atoms with Gasteiger partial charge in [0, 0.05) is 24.7 Å². The first-order valence-corrected chi connectivity index (χ1v) is 11.2. The number of likely N-dealkylation sites (N-methyl/N-ethyl adjacent to an activating group) is 1. The number of carbonyl (C=O) groups excluding carboxylic acids is 1. The predicted octanol–water partition coefficient (Wildman–Crippen LogP) is 1.97. The second-order valence-corrected chi connectivity index (χ2v) is 8.46. The number of carbonyl (C=O) groups is 1. The lowest BCUT2D eigenvalue weighted by Gasteiger charge is -2.28. The summed E-state index contributed by atoms with van der Waals surface area (Å²) >= 11 is 0. The Balaban J connectivity index is 0.00000841. The third-order valence-electron chi connectivity index (χ3n) is 5.04. The van der Waals surface area contributed by atoms with Gasteiger partial charge in [0.1, 0.15) is 5.75 Å². The molecule has 1 N–H and O–H groups in total. The maximum absolute atomic E-state index is 12.1. The van der Waals surface area contributed by atoms with Crippen molar-refractivity contribution in [1.29, 1.82) is 0 Å². The summed E-state index contributed by atoms with van der Waals surface area (Å²) in [5.74, 6) is 0.127. The third kappa shape index (κ3) is 14.4. The van der Waals surface area contributed by atoms with Crippen molar-refractivity contribution >= 4 is 12.2 Å². The summed E-state index contributed by atoms with van der Waals surface area (Å²) < 4.78 is 6.01. The Morgan fingerprint density at radius 1 is 1.03 bits per heavy atom. The standard InChI is InChI=1S/C24H40N2O3.ClH/c1-4-5-6-7-8-9-10-13-19-29-24(28)21-26(2,3)18-14-17-25-20-22-15-11-12-16-23(22)27;/h11-12,15-16,20H,4-10,13-14,17-19,21H2,1-3H3;1H. The first-order chi connectivity index (χ1) is 13.9. The van der Waals surface area contributed by atoms with Crippen LogP contribution >= 0.6 is 0 Å². The summed E-state index contributed by atoms with van der Waals surface area (Å²) in [7, 11) is 4.09. The van der Waals surface area contributed by atoms with Gasteiger partial charge in [-0.25, -0.2) is 4.79 Å². The molecule has 5 nitrogen and oxygen atoms in total. The minimum absolute atomic E-state index is 0. The summed E-state index contributed by atoms with van der Waals surface area (Å²) in [6.07, 6.45) is 12.5. The van der Waals surface area contributed by atoms with Crippen LogP contribution in [0.3, 0.4) is 0 Å². The Hall–Kier alpha value is -1.59. The summed E-state index contributed by atoms with van der Waals surface area (Å²) in [5.41, 5.74) is 0.728. The van der Waals surface area contributed by atoms with E-state index < -0.39 is 0 Å². The number of esters is 1. The van der Waals surface area contributed by atoms with E-state index in [9.17, 15) is 9.90 Å². The third-order valence-corrected chi connectivity index (χ3v) is 5.04. The number of ether oxygens (including phenoxy) is 1. The van der Waals surface area contributed by atoms with Crippen LogP contribution < -0.4 is 12.4 Å². The Bertz CT molecular complexity index is 606. The molecule has 0 aromatic heterocycles. The summed E-state index contributed by atoms with van der Waals surface area (Å²) in [4.78, 5) is 16.5. The zero-order valence-electron chi connectivity index (χ0n) is 19.1. The topological polar surface area (TPSA) is 58.9 Å². The maximum atomic E-state index is 12.1. The molecule has 0 spiro atoms. The van der Waals surface area contributed by atoms with Gasteiger partial charge in [0.2, 0.25) is 0 Å². The molecule has 0 fully saturated rings. The predicted molar refractivity (Wildman–Crippen MR) is 121 cm³/mol. The van der Waals surface area contributed by atoms with Gasteiger partial charge >= 0.3 is 5.97 Å². The average Bonchev–Trinajstić information content (AvgIpc) is 2.67. The largest absolute Gasteiger partial charge is 1.00 e. The van der Waals surface area contributed by atoms with Gasteiger partial charge in [0.25, 0.3) is 0 Å². The molecule has 1 rings (SSSR count). The van der Waals surface area contributed by atoms with Gasteiger partial charge in [0.15, 0.2) is 6.54 Å². The van der Waals surface area contributed by atoms with Gasteiger partial charge in [-0.2, -0.15) is 0 Å². The highest BCUT2D eigenvalue weighted by Gasteiger charge is 2.20. The Morgan fingerprint density at radius 2 is 1.67 bits per heavy atom. The van der Waals surface area contributed by atoms with Crippen molar-refractivity contribution in [2.75, 3.05) is 40.3 Å². The number of phenols is 1. The highest BCUT2D eigenvalue weighted by Crippen LogP contribution is 2.13. The first kappa shape index (κ1) is 28.4. The van der Waals surface area contributed by atoms with Crippen LogP contribution in [0, 0.1) is 0 Å². The monoisotopic (exact) mass is 440 g/mol. The van der Waals surface area contributed by atoms with Crippen LogP contribution in [0.2, 0.25) is 0 Å². The Labute approximate surface area is 189 Å². The van der Waals surface area contributed by atoms with Gasteiger partial charge in [0.05, 0.1) is 27.2 Å². The van der Waals surface area contributed by atoms with E-state index in [-0.39, 0.29) is 24.1 Å². The number of para-hydroxylation sites is 1. The SMILES string of the molecule is CCCCCCCCCCOC(=O)C[N+](C)(C)CCCN=Cc1ccccc1O.[Cl-]. The number of benzene rings is 1. The number of quaternary nitrogens is 1. The van der Waals surface area contributed by atoms with Gasteiger partial charge in [-0.15, -0.1) is 0 Å². The van der Waals surface area contributed by atoms with E-state index in [1.807, 2.05) is 26.2 Å². The van der Waals surface area contributed by atoms with Crippen molar-refractivity contribution < 1.29 is 31.5 Å². The van der Waals surface area contributed by atoms with E-state index in [2.05, 4.69) is 11.9 Å². The van der Waals surface area contributed by atoms with Crippen molar-refractivity contribution in [2.45, 2.75) is 64.7 Å². The van der Waals surface area contributed by atoms with E-state index in [0.29, 0.717) is 24.2 Å². The summed E-state index contributed by atoms with van der Waals surface area (Å²) in [5, 5.41) is 9.71. The molecule has 0 amide bonds. The van der Waals surface area contributed by atoms with Crippen LogP contribution in [0.4, 0.5) is 0 Å². The van der Waals surface area contributed by atoms with E-state index in [0.717, 1.165) is 31.4 Å². The van der Waals surface area contributed by atoms with Crippen molar-refractivity contribution in [3.8, 4) is 5.75 Å². The molecule has 0 aliphatic carbocycles. The number of aliphatic imine (C=N–C) groups is 1. The van der Waals surface area contributed by atoms with Gasteiger partial charge < -0.3 is 26.7 Å². The Kier molecular flexibility index (Phi) is 16.2. The second kappa shape index (κ2) is 17.1.